The van der Waals surface area contributed by atoms with Crippen LogP contribution in [0.25, 0.3) is 0 Å². The van der Waals surface area contributed by atoms with E-state index in [4.69, 9.17) is 13.9 Å². The first kappa shape index (κ1) is 19.0. The van der Waals surface area contributed by atoms with E-state index in [-0.39, 0.29) is 18.4 Å². The van der Waals surface area contributed by atoms with Crippen molar-refractivity contribution in [2.45, 2.75) is 13.8 Å². The number of amides is 2. The third kappa shape index (κ3) is 5.10. The highest BCUT2D eigenvalue weighted by molar-refractivity contribution is 5.95. The molecule has 8 heteroatoms. The molecule has 0 saturated carbocycles. The number of benzene rings is 1. The van der Waals surface area contributed by atoms with Gasteiger partial charge in [-0.15, -0.1) is 0 Å². The van der Waals surface area contributed by atoms with Gasteiger partial charge in [-0.2, -0.15) is 5.10 Å². The topological polar surface area (TPSA) is 102 Å². The standard InChI is InChI=1S/C18H21N3O5/c1-4-19-17(22)11-26-15-6-5-13(9-16(15)24-3)10-20-21-18(23)14-7-8-25-12(14)2/h5-10H,4,11H2,1-3H3,(H,19,22)(H,21,23)/b20-10+. The molecular formula is C18H21N3O5. The van der Waals surface area contributed by atoms with Crippen LogP contribution in [-0.2, 0) is 4.79 Å². The third-order valence-electron chi connectivity index (χ3n) is 3.40. The van der Waals surface area contributed by atoms with E-state index in [1.807, 2.05) is 6.92 Å². The van der Waals surface area contributed by atoms with E-state index in [9.17, 15) is 9.59 Å². The zero-order valence-electron chi connectivity index (χ0n) is 14.9. The van der Waals surface area contributed by atoms with Crippen molar-refractivity contribution in [1.29, 1.82) is 0 Å². The Bertz CT molecular complexity index is 798. The van der Waals surface area contributed by atoms with Crippen molar-refractivity contribution in [1.82, 2.24) is 10.7 Å². The summed E-state index contributed by atoms with van der Waals surface area (Å²) in [6, 6.07) is 6.66. The highest BCUT2D eigenvalue weighted by atomic mass is 16.5. The smallest absolute Gasteiger partial charge is 0.274 e. The molecule has 0 fully saturated rings. The number of nitrogens with zero attached hydrogens (tertiary/aromatic N) is 1. The summed E-state index contributed by atoms with van der Waals surface area (Å²) in [4.78, 5) is 23.4. The molecule has 0 saturated heterocycles. The molecule has 0 aliphatic heterocycles. The van der Waals surface area contributed by atoms with Crippen LogP contribution < -0.4 is 20.2 Å². The number of rotatable bonds is 8. The minimum absolute atomic E-state index is 0.0995. The number of likely N-dealkylation sites (N-methyl/N-ethyl adjacent to an activating group) is 1. The fraction of sp³-hybridized carbons (Fsp3) is 0.278. The van der Waals surface area contributed by atoms with Crippen molar-refractivity contribution in [2.24, 2.45) is 5.10 Å². The molecule has 0 unspecified atom stereocenters. The lowest BCUT2D eigenvalue weighted by atomic mass is 10.2. The fourth-order valence-electron chi connectivity index (χ4n) is 2.12. The second-order valence-corrected chi connectivity index (χ2v) is 5.24. The molecule has 26 heavy (non-hydrogen) atoms. The minimum Gasteiger partial charge on any atom is -0.493 e. The second kappa shape index (κ2) is 9.26. The maximum absolute atomic E-state index is 11.9. The molecule has 1 aromatic carbocycles. The fourth-order valence-corrected chi connectivity index (χ4v) is 2.12. The van der Waals surface area contributed by atoms with Gasteiger partial charge < -0.3 is 19.2 Å². The summed E-state index contributed by atoms with van der Waals surface area (Å²) in [5.41, 5.74) is 3.54. The molecule has 0 aliphatic rings. The Hall–Kier alpha value is -3.29. The van der Waals surface area contributed by atoms with Gasteiger partial charge in [-0.05, 0) is 43.7 Å². The molecule has 1 heterocycles. The molecule has 0 atom stereocenters. The minimum atomic E-state index is -0.360. The number of hydrogen-bond donors (Lipinski definition) is 2. The van der Waals surface area contributed by atoms with E-state index in [1.165, 1.54) is 19.6 Å². The van der Waals surface area contributed by atoms with Gasteiger partial charge in [-0.3, -0.25) is 9.59 Å². The molecule has 0 radical (unpaired) electrons. The summed E-state index contributed by atoms with van der Waals surface area (Å²) < 4.78 is 15.8. The molecule has 8 nitrogen and oxygen atoms in total. The average Bonchev–Trinajstić information content (AvgIpc) is 3.06. The molecule has 2 N–H and O–H groups in total. The predicted octanol–water partition coefficient (Wildman–Crippen LogP) is 1.88. The van der Waals surface area contributed by atoms with E-state index >= 15 is 0 Å². The number of carbonyl (C=O) groups is 2. The molecule has 0 bridgehead atoms. The number of nitrogens with one attached hydrogen (secondary N) is 2. The van der Waals surface area contributed by atoms with Crippen LogP contribution in [0.15, 0.2) is 40.0 Å². The van der Waals surface area contributed by atoms with Gasteiger partial charge in [-0.25, -0.2) is 5.43 Å². The van der Waals surface area contributed by atoms with Crippen molar-refractivity contribution in [3.05, 3.63) is 47.4 Å². The quantitative estimate of drug-likeness (QED) is 0.553. The van der Waals surface area contributed by atoms with Crippen molar-refractivity contribution in [2.75, 3.05) is 20.3 Å². The number of ether oxygens (including phenoxy) is 2. The van der Waals surface area contributed by atoms with Gasteiger partial charge in [0.25, 0.3) is 11.8 Å². The van der Waals surface area contributed by atoms with Crippen LogP contribution in [0.4, 0.5) is 0 Å². The lowest BCUT2D eigenvalue weighted by molar-refractivity contribution is -0.123. The van der Waals surface area contributed by atoms with E-state index in [0.717, 1.165) is 0 Å². The molecule has 2 rings (SSSR count). The third-order valence-corrected chi connectivity index (χ3v) is 3.40. The van der Waals surface area contributed by atoms with Gasteiger partial charge in [0, 0.05) is 6.54 Å². The number of carbonyl (C=O) groups excluding carboxylic acids is 2. The van der Waals surface area contributed by atoms with Crippen LogP contribution >= 0.6 is 0 Å². The molecule has 1 aromatic heterocycles. The summed E-state index contributed by atoms with van der Waals surface area (Å²) in [6.07, 6.45) is 2.92. The first-order valence-corrected chi connectivity index (χ1v) is 8.00. The van der Waals surface area contributed by atoms with E-state index in [2.05, 4.69) is 15.8 Å². The number of hydrazone groups is 1. The summed E-state index contributed by atoms with van der Waals surface area (Å²) in [5.74, 6) is 0.844. The largest absolute Gasteiger partial charge is 0.493 e. The summed E-state index contributed by atoms with van der Waals surface area (Å²) in [6.45, 7) is 3.97. The first-order valence-electron chi connectivity index (χ1n) is 8.00. The van der Waals surface area contributed by atoms with Crippen LogP contribution in [0, 0.1) is 6.92 Å². The Kier molecular flexibility index (Phi) is 6.78. The molecule has 0 aliphatic carbocycles. The Morgan fingerprint density at radius 1 is 1.27 bits per heavy atom. The van der Waals surface area contributed by atoms with Crippen LogP contribution in [0.3, 0.4) is 0 Å². The monoisotopic (exact) mass is 359 g/mol. The Morgan fingerprint density at radius 2 is 2.08 bits per heavy atom. The van der Waals surface area contributed by atoms with Gasteiger partial charge in [0.1, 0.15) is 5.76 Å². The molecule has 138 valence electrons. The number of hydrogen-bond acceptors (Lipinski definition) is 6. The normalized spacial score (nSPS) is 10.6. The first-order chi connectivity index (χ1) is 12.5. The van der Waals surface area contributed by atoms with Gasteiger partial charge in [0.05, 0.1) is 25.2 Å². The Morgan fingerprint density at radius 3 is 2.73 bits per heavy atom. The molecule has 0 spiro atoms. The summed E-state index contributed by atoms with van der Waals surface area (Å²) >= 11 is 0. The van der Waals surface area contributed by atoms with Crippen LogP contribution in [0.1, 0.15) is 28.6 Å². The van der Waals surface area contributed by atoms with E-state index in [1.54, 1.807) is 31.2 Å². The van der Waals surface area contributed by atoms with Crippen LogP contribution in [-0.4, -0.2) is 38.3 Å². The lowest BCUT2D eigenvalue weighted by Gasteiger charge is -2.11. The van der Waals surface area contributed by atoms with Gasteiger partial charge >= 0.3 is 0 Å². The van der Waals surface area contributed by atoms with Crippen LogP contribution in [0.5, 0.6) is 11.5 Å². The SMILES string of the molecule is CCNC(=O)COc1ccc(/C=N/NC(=O)c2ccoc2C)cc1OC. The van der Waals surface area contributed by atoms with Crippen LogP contribution in [0.2, 0.25) is 0 Å². The number of methoxy groups -OCH3 is 1. The van der Waals surface area contributed by atoms with Crippen molar-refractivity contribution in [3.63, 3.8) is 0 Å². The Labute approximate surface area is 151 Å². The maximum atomic E-state index is 11.9. The van der Waals surface area contributed by atoms with Crippen molar-refractivity contribution in [3.8, 4) is 11.5 Å². The summed E-state index contributed by atoms with van der Waals surface area (Å²) in [7, 11) is 1.50. The Balaban J connectivity index is 1.98. The molecule has 2 aromatic rings. The molecule has 2 amide bonds. The highest BCUT2D eigenvalue weighted by Crippen LogP contribution is 2.27. The predicted molar refractivity (Wildman–Crippen MR) is 95.7 cm³/mol. The van der Waals surface area contributed by atoms with Gasteiger partial charge in [0.2, 0.25) is 0 Å². The summed E-state index contributed by atoms with van der Waals surface area (Å²) in [5, 5.41) is 6.56. The van der Waals surface area contributed by atoms with Crippen molar-refractivity contribution < 1.29 is 23.5 Å². The zero-order chi connectivity index (χ0) is 18.9. The van der Waals surface area contributed by atoms with Crippen molar-refractivity contribution >= 4 is 18.0 Å². The van der Waals surface area contributed by atoms with Gasteiger partial charge in [0.15, 0.2) is 18.1 Å². The van der Waals surface area contributed by atoms with E-state index < -0.39 is 0 Å². The second-order valence-electron chi connectivity index (χ2n) is 5.24. The maximum Gasteiger partial charge on any atom is 0.274 e. The molecular weight excluding hydrogens is 338 g/mol. The van der Waals surface area contributed by atoms with Gasteiger partial charge in [-0.1, -0.05) is 0 Å². The number of aryl methyl sites for hydroxylation is 1. The van der Waals surface area contributed by atoms with E-state index in [0.29, 0.717) is 34.9 Å². The lowest BCUT2D eigenvalue weighted by Crippen LogP contribution is -2.28. The highest BCUT2D eigenvalue weighted by Gasteiger charge is 2.10. The number of furan rings is 1. The average molecular weight is 359 g/mol. The zero-order valence-corrected chi connectivity index (χ0v) is 14.9.